The Labute approximate surface area is 106 Å². The molecule has 1 aliphatic rings. The zero-order valence-corrected chi connectivity index (χ0v) is 11.2. The molecule has 4 heteroatoms. The third kappa shape index (κ3) is 3.29. The summed E-state index contributed by atoms with van der Waals surface area (Å²) in [7, 11) is 0. The molecule has 2 heterocycles. The number of hydrogen-bond acceptors (Lipinski definition) is 3. The van der Waals surface area contributed by atoms with E-state index in [0.29, 0.717) is 16.6 Å². The molecule has 0 aromatic carbocycles. The molecule has 2 nitrogen and oxygen atoms in total. The van der Waals surface area contributed by atoms with Crippen LogP contribution in [-0.2, 0) is 0 Å². The zero-order chi connectivity index (χ0) is 11.6. The van der Waals surface area contributed by atoms with Crippen LogP contribution in [0.5, 0.6) is 0 Å². The van der Waals surface area contributed by atoms with E-state index in [9.17, 15) is 0 Å². The highest BCUT2D eigenvalue weighted by Crippen LogP contribution is 2.34. The molecule has 0 amide bonds. The average molecular weight is 257 g/mol. The predicted octanol–water partition coefficient (Wildman–Crippen LogP) is 3.68. The molecule has 1 unspecified atom stereocenters. The summed E-state index contributed by atoms with van der Waals surface area (Å²) < 4.78 is 0. The maximum atomic E-state index is 5.86. The fourth-order valence-electron chi connectivity index (χ4n) is 2.05. The van der Waals surface area contributed by atoms with Crippen molar-refractivity contribution in [3.63, 3.8) is 0 Å². The first-order valence-corrected chi connectivity index (χ1v) is 7.05. The van der Waals surface area contributed by atoms with Crippen LogP contribution in [0, 0.1) is 5.41 Å². The highest BCUT2D eigenvalue weighted by atomic mass is 35.5. The third-order valence-electron chi connectivity index (χ3n) is 2.68. The Morgan fingerprint density at radius 1 is 1.50 bits per heavy atom. The van der Waals surface area contributed by atoms with Crippen LogP contribution < -0.4 is 5.32 Å². The van der Waals surface area contributed by atoms with E-state index in [0.717, 1.165) is 11.6 Å². The Morgan fingerprint density at radius 3 is 3.00 bits per heavy atom. The minimum atomic E-state index is 0.416. The van der Waals surface area contributed by atoms with E-state index in [1.54, 1.807) is 6.07 Å². The number of halogens is 1. The molecular weight excluding hydrogens is 240 g/mol. The van der Waals surface area contributed by atoms with Gasteiger partial charge in [-0.2, -0.15) is 11.8 Å². The van der Waals surface area contributed by atoms with Gasteiger partial charge in [0.15, 0.2) is 0 Å². The highest BCUT2D eigenvalue weighted by Gasteiger charge is 2.28. The van der Waals surface area contributed by atoms with Gasteiger partial charge in [0.1, 0.15) is 11.0 Å². The zero-order valence-electron chi connectivity index (χ0n) is 9.66. The first kappa shape index (κ1) is 12.1. The van der Waals surface area contributed by atoms with Gasteiger partial charge in [0.05, 0.1) is 0 Å². The summed E-state index contributed by atoms with van der Waals surface area (Å²) in [5.74, 6) is 3.28. The van der Waals surface area contributed by atoms with Gasteiger partial charge in [-0.3, -0.25) is 0 Å². The van der Waals surface area contributed by atoms with Crippen LogP contribution in [-0.4, -0.2) is 22.5 Å². The van der Waals surface area contributed by atoms with Crippen molar-refractivity contribution >= 4 is 29.2 Å². The largest absolute Gasteiger partial charge is 0.366 e. The lowest BCUT2D eigenvalue weighted by molar-refractivity contribution is 0.358. The molecule has 0 radical (unpaired) electrons. The third-order valence-corrected chi connectivity index (χ3v) is 4.51. The molecule has 1 N–H and O–H groups in total. The summed E-state index contributed by atoms with van der Waals surface area (Å²) in [5.41, 5.74) is 0.416. The Hall–Kier alpha value is -0.410. The van der Waals surface area contributed by atoms with Crippen molar-refractivity contribution in [1.29, 1.82) is 0 Å². The molecule has 1 atom stereocenters. The number of nitrogens with one attached hydrogen (secondary N) is 1. The summed E-state index contributed by atoms with van der Waals surface area (Å²) in [6.07, 6.45) is 1.19. The fourth-order valence-corrected chi connectivity index (χ4v) is 3.49. The first-order chi connectivity index (χ1) is 7.55. The molecule has 88 valence electrons. The summed E-state index contributed by atoms with van der Waals surface area (Å²) in [4.78, 5) is 4.26. The number of anilines is 1. The first-order valence-electron chi connectivity index (χ1n) is 5.52. The standard InChI is InChI=1S/C12H17ClN2S/c1-12(2)6-9(7-16-8-12)14-11-5-3-4-10(13)15-11/h3-5,9H,6-8H2,1-2H3,(H,14,15). The topological polar surface area (TPSA) is 24.9 Å². The van der Waals surface area contributed by atoms with E-state index in [1.807, 2.05) is 23.9 Å². The van der Waals surface area contributed by atoms with Gasteiger partial charge in [-0.1, -0.05) is 31.5 Å². The smallest absolute Gasteiger partial charge is 0.131 e. The molecule has 0 aliphatic carbocycles. The van der Waals surface area contributed by atoms with Crippen molar-refractivity contribution < 1.29 is 0 Å². The average Bonchev–Trinajstić information content (AvgIpc) is 2.15. The molecular formula is C12H17ClN2S. The van der Waals surface area contributed by atoms with Gasteiger partial charge in [-0.05, 0) is 29.7 Å². The molecule has 1 aromatic rings. The van der Waals surface area contributed by atoms with Gasteiger partial charge >= 0.3 is 0 Å². The molecule has 1 saturated heterocycles. The lowest BCUT2D eigenvalue weighted by Gasteiger charge is -2.35. The number of nitrogens with zero attached hydrogens (tertiary/aromatic N) is 1. The molecule has 16 heavy (non-hydrogen) atoms. The monoisotopic (exact) mass is 256 g/mol. The Bertz CT molecular complexity index is 368. The molecule has 1 aromatic heterocycles. The van der Waals surface area contributed by atoms with Gasteiger partial charge in [0, 0.05) is 11.8 Å². The van der Waals surface area contributed by atoms with E-state index >= 15 is 0 Å². The normalized spacial score (nSPS) is 24.1. The second-order valence-electron chi connectivity index (χ2n) is 5.07. The number of pyridine rings is 1. The van der Waals surface area contributed by atoms with Crippen LogP contribution in [0.15, 0.2) is 18.2 Å². The number of aromatic nitrogens is 1. The van der Waals surface area contributed by atoms with Crippen LogP contribution >= 0.6 is 23.4 Å². The number of thioether (sulfide) groups is 1. The number of rotatable bonds is 2. The maximum absolute atomic E-state index is 5.86. The van der Waals surface area contributed by atoms with Crippen molar-refractivity contribution in [2.75, 3.05) is 16.8 Å². The second kappa shape index (κ2) is 4.84. The van der Waals surface area contributed by atoms with Gasteiger partial charge < -0.3 is 5.32 Å². The van der Waals surface area contributed by atoms with E-state index in [1.165, 1.54) is 12.2 Å². The summed E-state index contributed by atoms with van der Waals surface area (Å²) in [6.45, 7) is 4.64. The predicted molar refractivity (Wildman–Crippen MR) is 72.4 cm³/mol. The summed E-state index contributed by atoms with van der Waals surface area (Å²) in [5, 5.41) is 4.01. The molecule has 1 aliphatic heterocycles. The lowest BCUT2D eigenvalue weighted by Crippen LogP contribution is -2.35. The Morgan fingerprint density at radius 2 is 2.31 bits per heavy atom. The van der Waals surface area contributed by atoms with Crippen molar-refractivity contribution in [2.45, 2.75) is 26.3 Å². The van der Waals surface area contributed by atoms with Crippen molar-refractivity contribution in [1.82, 2.24) is 4.98 Å². The molecule has 1 fully saturated rings. The van der Waals surface area contributed by atoms with Crippen LogP contribution in [0.25, 0.3) is 0 Å². The van der Waals surface area contributed by atoms with Crippen molar-refractivity contribution in [3.05, 3.63) is 23.4 Å². The van der Waals surface area contributed by atoms with E-state index in [2.05, 4.69) is 24.1 Å². The van der Waals surface area contributed by atoms with E-state index in [-0.39, 0.29) is 0 Å². The number of hydrogen-bond donors (Lipinski definition) is 1. The maximum Gasteiger partial charge on any atom is 0.131 e. The Kier molecular flexibility index (Phi) is 3.65. The van der Waals surface area contributed by atoms with Gasteiger partial charge in [0.2, 0.25) is 0 Å². The quantitative estimate of drug-likeness (QED) is 0.818. The molecule has 0 saturated carbocycles. The minimum absolute atomic E-state index is 0.416. The summed E-state index contributed by atoms with van der Waals surface area (Å²) >= 11 is 7.87. The minimum Gasteiger partial charge on any atom is -0.366 e. The summed E-state index contributed by atoms with van der Waals surface area (Å²) in [6, 6.07) is 6.20. The van der Waals surface area contributed by atoms with Crippen LogP contribution in [0.3, 0.4) is 0 Å². The van der Waals surface area contributed by atoms with Crippen LogP contribution in [0.1, 0.15) is 20.3 Å². The van der Waals surface area contributed by atoms with E-state index < -0.39 is 0 Å². The van der Waals surface area contributed by atoms with Gasteiger partial charge in [0.25, 0.3) is 0 Å². The molecule has 2 rings (SSSR count). The SMILES string of the molecule is CC1(C)CSCC(Nc2cccc(Cl)n2)C1. The van der Waals surface area contributed by atoms with Crippen LogP contribution in [0.2, 0.25) is 5.15 Å². The van der Waals surface area contributed by atoms with E-state index in [4.69, 9.17) is 11.6 Å². The Balaban J connectivity index is 1.99. The lowest BCUT2D eigenvalue weighted by atomic mass is 9.88. The second-order valence-corrected chi connectivity index (χ2v) is 6.49. The van der Waals surface area contributed by atoms with Gasteiger partial charge in [-0.15, -0.1) is 0 Å². The van der Waals surface area contributed by atoms with Crippen LogP contribution in [0.4, 0.5) is 5.82 Å². The molecule has 0 bridgehead atoms. The fraction of sp³-hybridized carbons (Fsp3) is 0.583. The van der Waals surface area contributed by atoms with Gasteiger partial charge in [-0.25, -0.2) is 4.98 Å². The van der Waals surface area contributed by atoms with Crippen molar-refractivity contribution in [3.8, 4) is 0 Å². The van der Waals surface area contributed by atoms with Crippen molar-refractivity contribution in [2.24, 2.45) is 5.41 Å². The molecule has 0 spiro atoms. The highest BCUT2D eigenvalue weighted by molar-refractivity contribution is 7.99.